The number of hydrogen-bond donors (Lipinski definition) is 6. The predicted molar refractivity (Wildman–Crippen MR) is 139 cm³/mol. The number of nitrogens with zero attached hydrogens (tertiary/aromatic N) is 2. The Bertz CT molecular complexity index is 1810. The molecule has 1 aliphatic rings. The summed E-state index contributed by atoms with van der Waals surface area (Å²) in [5.41, 5.74) is 21.0. The van der Waals surface area contributed by atoms with Crippen molar-refractivity contribution in [1.82, 2.24) is 19.6 Å². The zero-order chi connectivity index (χ0) is 23.4. The molecule has 0 saturated carbocycles. The molecule has 1 aliphatic heterocycles. The first-order valence-electron chi connectivity index (χ1n) is 10.8. The van der Waals surface area contributed by atoms with E-state index < -0.39 is 0 Å². The Labute approximate surface area is 209 Å². The van der Waals surface area contributed by atoms with E-state index in [0.29, 0.717) is 27.9 Å². The molecule has 0 fully saturated rings. The fourth-order valence-corrected chi connectivity index (χ4v) is 4.45. The molecule has 0 saturated heterocycles. The van der Waals surface area contributed by atoms with E-state index in [1.54, 1.807) is 6.07 Å². The number of nitrogens with one attached hydrogen (secondary N) is 3. The normalized spacial score (nSPS) is 11.5. The minimum atomic E-state index is 0. The van der Waals surface area contributed by atoms with Gasteiger partial charge in [0.1, 0.15) is 10.9 Å². The first-order valence-corrected chi connectivity index (χ1v) is 10.8. The number of nitrogens with two attached hydrogens (primary N) is 3. The first-order chi connectivity index (χ1) is 16.5. The van der Waals surface area contributed by atoms with Crippen LogP contribution in [0.2, 0.25) is 0 Å². The summed E-state index contributed by atoms with van der Waals surface area (Å²) in [5, 5.41) is 9.08. The van der Waals surface area contributed by atoms with Gasteiger partial charge in [-0.1, -0.05) is 30.3 Å². The van der Waals surface area contributed by atoms with E-state index in [0.717, 1.165) is 39.1 Å². The number of rotatable bonds is 1. The second-order valence-electron chi connectivity index (χ2n) is 8.29. The second kappa shape index (κ2) is 8.38. The van der Waals surface area contributed by atoms with Gasteiger partial charge in [-0.2, -0.15) is 0 Å². The molecule has 35 heavy (non-hydrogen) atoms. The van der Waals surface area contributed by atoms with Gasteiger partial charge in [-0.15, -0.1) is 0 Å². The van der Waals surface area contributed by atoms with Crippen LogP contribution < -0.4 is 22.7 Å². The quantitative estimate of drug-likeness (QED) is 0.147. The molecule has 5 heterocycles. The summed E-state index contributed by atoms with van der Waals surface area (Å²) < 4.78 is 1.45. The Kier molecular flexibility index (Phi) is 5.34. The van der Waals surface area contributed by atoms with Gasteiger partial charge in [0.2, 0.25) is 0 Å². The molecule has 1 aromatic carbocycles. The minimum absolute atomic E-state index is 0. The number of aromatic amines is 2. The summed E-state index contributed by atoms with van der Waals surface area (Å²) in [5.74, 6) is 6.59. The van der Waals surface area contributed by atoms with Gasteiger partial charge in [0.05, 0.1) is 33.8 Å². The molecule has 0 unspecified atom stereocenters. The SMILES string of the molecule is N=c1c2[nH]c(cc2N)cc2ccc(cc3nc(cc4c(-c5ccccc5)c(N)c1n4N)C=C3)[nH]2.[Ni]. The number of hydrogen-bond acceptors (Lipinski definition) is 5. The molecule has 0 spiro atoms. The van der Waals surface area contributed by atoms with Crippen LogP contribution in [-0.4, -0.2) is 19.6 Å². The van der Waals surface area contributed by atoms with Crippen molar-refractivity contribution in [3.8, 4) is 11.1 Å². The van der Waals surface area contributed by atoms with E-state index in [9.17, 15) is 0 Å². The van der Waals surface area contributed by atoms with Crippen molar-refractivity contribution < 1.29 is 16.5 Å². The summed E-state index contributed by atoms with van der Waals surface area (Å²) >= 11 is 0. The molecule has 9 heteroatoms. The predicted octanol–water partition coefficient (Wildman–Crippen LogP) is 4.19. The zero-order valence-electron chi connectivity index (χ0n) is 18.4. The summed E-state index contributed by atoms with van der Waals surface area (Å²) in [6.07, 6.45) is 3.88. The molecular formula is C26H22N8Ni. The summed E-state index contributed by atoms with van der Waals surface area (Å²) in [7, 11) is 0. The maximum Gasteiger partial charge on any atom is 0.113 e. The Morgan fingerprint density at radius 1 is 0.800 bits per heavy atom. The Balaban J connectivity index is 0.00000253. The van der Waals surface area contributed by atoms with Crippen molar-refractivity contribution in [2.75, 3.05) is 17.3 Å². The van der Waals surface area contributed by atoms with Crippen molar-refractivity contribution in [2.24, 2.45) is 0 Å². The number of H-pyrrole nitrogens is 2. The van der Waals surface area contributed by atoms with E-state index in [-0.39, 0.29) is 21.8 Å². The summed E-state index contributed by atoms with van der Waals surface area (Å²) in [6.45, 7) is 0. The molecule has 8 bridgehead atoms. The molecule has 8 nitrogen and oxygen atoms in total. The van der Waals surface area contributed by atoms with Crippen LogP contribution in [0, 0.1) is 5.41 Å². The van der Waals surface area contributed by atoms with E-state index in [2.05, 4.69) is 9.97 Å². The van der Waals surface area contributed by atoms with Gasteiger partial charge in [-0.25, -0.2) is 4.98 Å². The van der Waals surface area contributed by atoms with Crippen LogP contribution in [0.5, 0.6) is 0 Å². The van der Waals surface area contributed by atoms with Crippen LogP contribution in [0.15, 0.2) is 66.7 Å². The van der Waals surface area contributed by atoms with Crippen LogP contribution in [0.3, 0.4) is 0 Å². The molecule has 5 aromatic rings. The average Bonchev–Trinajstić information content (AvgIpc) is 3.58. The van der Waals surface area contributed by atoms with Crippen LogP contribution >= 0.6 is 0 Å². The zero-order valence-corrected chi connectivity index (χ0v) is 19.4. The van der Waals surface area contributed by atoms with E-state index in [4.69, 9.17) is 27.7 Å². The molecular weight excluding hydrogens is 483 g/mol. The van der Waals surface area contributed by atoms with Gasteiger partial charge in [-0.3, -0.25) is 10.1 Å². The van der Waals surface area contributed by atoms with E-state index >= 15 is 0 Å². The molecule has 4 aromatic heterocycles. The average molecular weight is 505 g/mol. The van der Waals surface area contributed by atoms with Crippen molar-refractivity contribution in [2.45, 2.75) is 0 Å². The third-order valence-corrected chi connectivity index (χ3v) is 6.01. The van der Waals surface area contributed by atoms with Crippen LogP contribution in [0.4, 0.5) is 11.4 Å². The standard InChI is InChI=1S/C26H22N8.Ni/c27-20-12-19-11-17-7-6-15(31-17)10-16-8-9-18(32-16)13-21-22(14-4-2-1-3-5-14)23(28)26(34(21)30)24(29)25(20)33-19;/h1-13,29,31,33H,27-28,30H2;. The molecule has 9 N–H and O–H groups in total. The number of benzene rings is 1. The van der Waals surface area contributed by atoms with Gasteiger partial charge in [0.25, 0.3) is 0 Å². The maximum atomic E-state index is 8.97. The Hall–Kier alpha value is -4.49. The van der Waals surface area contributed by atoms with Gasteiger partial charge in [0, 0.05) is 38.6 Å². The van der Waals surface area contributed by atoms with E-state index in [1.807, 2.05) is 72.8 Å². The van der Waals surface area contributed by atoms with Gasteiger partial charge >= 0.3 is 0 Å². The third kappa shape index (κ3) is 3.72. The molecule has 176 valence electrons. The molecule has 0 aliphatic carbocycles. The van der Waals surface area contributed by atoms with Crippen LogP contribution in [0.1, 0.15) is 11.4 Å². The fraction of sp³-hybridized carbons (Fsp3) is 0. The van der Waals surface area contributed by atoms with Crippen LogP contribution in [0.25, 0.3) is 56.4 Å². The Morgan fingerprint density at radius 2 is 1.49 bits per heavy atom. The fourth-order valence-electron chi connectivity index (χ4n) is 4.45. The smallest absolute Gasteiger partial charge is 0.113 e. The van der Waals surface area contributed by atoms with Crippen molar-refractivity contribution in [3.05, 3.63) is 83.5 Å². The van der Waals surface area contributed by atoms with E-state index in [1.165, 1.54) is 4.68 Å². The largest absolute Gasteiger partial charge is 0.397 e. The maximum absolute atomic E-state index is 8.97. The monoisotopic (exact) mass is 504 g/mol. The van der Waals surface area contributed by atoms with Crippen molar-refractivity contribution >= 4 is 56.6 Å². The van der Waals surface area contributed by atoms with Gasteiger partial charge < -0.3 is 27.3 Å². The summed E-state index contributed by atoms with van der Waals surface area (Å²) in [6, 6.07) is 21.3. The first kappa shape index (κ1) is 22.3. The number of nitrogen functional groups attached to an aromatic ring is 3. The third-order valence-electron chi connectivity index (χ3n) is 6.01. The topological polar surface area (TPSA) is 151 Å². The van der Waals surface area contributed by atoms with Crippen molar-refractivity contribution in [1.29, 1.82) is 5.41 Å². The minimum Gasteiger partial charge on any atom is -0.397 e. The number of aromatic nitrogens is 4. The van der Waals surface area contributed by atoms with Crippen molar-refractivity contribution in [3.63, 3.8) is 0 Å². The molecule has 0 atom stereocenters. The van der Waals surface area contributed by atoms with Gasteiger partial charge in [-0.05, 0) is 54.1 Å². The summed E-state index contributed by atoms with van der Waals surface area (Å²) in [4.78, 5) is 11.3. The molecule has 0 radical (unpaired) electrons. The second-order valence-corrected chi connectivity index (χ2v) is 8.29. The van der Waals surface area contributed by atoms with Gasteiger partial charge in [0.15, 0.2) is 0 Å². The molecule has 6 rings (SSSR count). The molecule has 0 amide bonds. The van der Waals surface area contributed by atoms with Crippen LogP contribution in [-0.2, 0) is 16.5 Å². The number of anilines is 2. The Morgan fingerprint density at radius 3 is 2.23 bits per heavy atom. The number of fused-ring (bicyclic) bond motifs is 8.